The molecular formula is C19H26N4OS. The van der Waals surface area contributed by atoms with Crippen molar-refractivity contribution in [3.8, 4) is 0 Å². The number of hydrogen-bond acceptors (Lipinski definition) is 5. The number of aromatic nitrogens is 1. The zero-order valence-corrected chi connectivity index (χ0v) is 16.1. The molecule has 134 valence electrons. The first-order valence-corrected chi connectivity index (χ1v) is 9.60. The Labute approximate surface area is 153 Å². The monoisotopic (exact) mass is 358 g/mol. The second-order valence-electron chi connectivity index (χ2n) is 6.67. The van der Waals surface area contributed by atoms with E-state index in [0.29, 0.717) is 6.54 Å². The lowest BCUT2D eigenvalue weighted by Gasteiger charge is -2.34. The molecule has 1 fully saturated rings. The summed E-state index contributed by atoms with van der Waals surface area (Å²) in [4.78, 5) is 24.6. The van der Waals surface area contributed by atoms with Gasteiger partial charge < -0.3 is 14.7 Å². The third-order valence-electron chi connectivity index (χ3n) is 4.85. The Hall–Kier alpha value is -1.92. The summed E-state index contributed by atoms with van der Waals surface area (Å²) in [6.07, 6.45) is 0.859. The summed E-state index contributed by atoms with van der Waals surface area (Å²) in [5, 5.41) is 0. The number of nitrogens with zero attached hydrogens (tertiary/aromatic N) is 4. The van der Waals surface area contributed by atoms with Crippen molar-refractivity contribution in [3.05, 3.63) is 45.9 Å². The minimum Gasteiger partial charge on any atom is -0.369 e. The smallest absolute Gasteiger partial charge is 0.253 e. The summed E-state index contributed by atoms with van der Waals surface area (Å²) in [5.74, 6) is 0.0760. The van der Waals surface area contributed by atoms with Gasteiger partial charge in [-0.3, -0.25) is 4.79 Å². The van der Waals surface area contributed by atoms with Gasteiger partial charge in [-0.15, -0.1) is 11.3 Å². The van der Waals surface area contributed by atoms with Crippen LogP contribution in [0.3, 0.4) is 0 Å². The quantitative estimate of drug-likeness (QED) is 0.823. The number of amides is 1. The Morgan fingerprint density at radius 1 is 1.20 bits per heavy atom. The molecule has 25 heavy (non-hydrogen) atoms. The Kier molecular flexibility index (Phi) is 5.71. The first kappa shape index (κ1) is 17.9. The Morgan fingerprint density at radius 3 is 2.48 bits per heavy atom. The predicted octanol–water partition coefficient (Wildman–Crippen LogP) is 2.52. The zero-order chi connectivity index (χ0) is 17.8. The van der Waals surface area contributed by atoms with Gasteiger partial charge in [0.25, 0.3) is 5.91 Å². The molecule has 0 spiro atoms. The fourth-order valence-corrected chi connectivity index (χ4v) is 3.81. The maximum Gasteiger partial charge on any atom is 0.253 e. The molecule has 0 bridgehead atoms. The lowest BCUT2D eigenvalue weighted by Crippen LogP contribution is -2.44. The van der Waals surface area contributed by atoms with E-state index in [-0.39, 0.29) is 5.91 Å². The topological polar surface area (TPSA) is 39.7 Å². The largest absolute Gasteiger partial charge is 0.369 e. The second kappa shape index (κ2) is 7.97. The van der Waals surface area contributed by atoms with Crippen molar-refractivity contribution < 1.29 is 4.79 Å². The highest BCUT2D eigenvalue weighted by molar-refractivity contribution is 7.09. The fraction of sp³-hybridized carbons (Fsp3) is 0.474. The molecule has 3 rings (SSSR count). The van der Waals surface area contributed by atoms with Gasteiger partial charge in [-0.25, -0.2) is 4.98 Å². The van der Waals surface area contributed by atoms with Crippen LogP contribution in [0.15, 0.2) is 29.8 Å². The molecule has 1 aromatic carbocycles. The summed E-state index contributed by atoms with van der Waals surface area (Å²) < 4.78 is 0. The van der Waals surface area contributed by atoms with E-state index in [1.807, 2.05) is 31.6 Å². The summed E-state index contributed by atoms with van der Waals surface area (Å²) in [7, 11) is 4.02. The normalized spacial score (nSPS) is 15.4. The lowest BCUT2D eigenvalue weighted by atomic mass is 10.1. The number of carbonyl (C=O) groups is 1. The number of hydrogen-bond donors (Lipinski definition) is 0. The maximum atomic E-state index is 12.6. The predicted molar refractivity (Wildman–Crippen MR) is 104 cm³/mol. The van der Waals surface area contributed by atoms with Gasteiger partial charge in [-0.2, -0.15) is 0 Å². The van der Waals surface area contributed by atoms with E-state index >= 15 is 0 Å². The van der Waals surface area contributed by atoms with Gasteiger partial charge in [0.05, 0.1) is 11.2 Å². The van der Waals surface area contributed by atoms with Crippen molar-refractivity contribution in [1.82, 2.24) is 14.8 Å². The summed E-state index contributed by atoms with van der Waals surface area (Å²) in [6.45, 7) is 6.98. The molecule has 1 aliphatic rings. The van der Waals surface area contributed by atoms with E-state index in [1.165, 1.54) is 10.6 Å². The number of carbonyl (C=O) groups excluding carboxylic acids is 1. The highest BCUT2D eigenvalue weighted by Gasteiger charge is 2.16. The van der Waals surface area contributed by atoms with Crippen molar-refractivity contribution in [2.24, 2.45) is 0 Å². The van der Waals surface area contributed by atoms with Gasteiger partial charge in [-0.05, 0) is 38.2 Å². The van der Waals surface area contributed by atoms with Crippen LogP contribution in [0, 0.1) is 6.92 Å². The molecule has 2 aromatic rings. The van der Waals surface area contributed by atoms with Crippen LogP contribution in [0.4, 0.5) is 5.69 Å². The van der Waals surface area contributed by atoms with Gasteiger partial charge in [-0.1, -0.05) is 0 Å². The molecular weight excluding hydrogens is 332 g/mol. The van der Waals surface area contributed by atoms with Crippen LogP contribution in [0.5, 0.6) is 0 Å². The molecule has 1 amide bonds. The molecule has 2 heterocycles. The van der Waals surface area contributed by atoms with E-state index in [4.69, 9.17) is 0 Å². The number of thiazole rings is 1. The number of rotatable bonds is 5. The van der Waals surface area contributed by atoms with Crippen LogP contribution in [-0.2, 0) is 6.42 Å². The number of piperazine rings is 1. The van der Waals surface area contributed by atoms with Gasteiger partial charge >= 0.3 is 0 Å². The molecule has 5 nitrogen and oxygen atoms in total. The molecule has 1 saturated heterocycles. The third-order valence-corrected chi connectivity index (χ3v) is 5.84. The summed E-state index contributed by atoms with van der Waals surface area (Å²) in [6, 6.07) is 8.04. The minimum atomic E-state index is 0.0760. The SMILES string of the molecule is Cc1ncsc1CCN(C)C(=O)c1ccc(N2CCN(C)CC2)cc1. The molecule has 6 heteroatoms. The lowest BCUT2D eigenvalue weighted by molar-refractivity contribution is 0.0797. The van der Waals surface area contributed by atoms with E-state index in [1.54, 1.807) is 16.2 Å². The first-order chi connectivity index (χ1) is 12.0. The van der Waals surface area contributed by atoms with Gasteiger partial charge in [0, 0.05) is 62.3 Å². The van der Waals surface area contributed by atoms with Crippen LogP contribution in [0.1, 0.15) is 20.9 Å². The minimum absolute atomic E-state index is 0.0760. The van der Waals surface area contributed by atoms with Crippen molar-refractivity contribution in [1.29, 1.82) is 0 Å². The molecule has 1 aromatic heterocycles. The van der Waals surface area contributed by atoms with Gasteiger partial charge in [0.2, 0.25) is 0 Å². The maximum absolute atomic E-state index is 12.6. The molecule has 0 saturated carbocycles. The van der Waals surface area contributed by atoms with Crippen LogP contribution >= 0.6 is 11.3 Å². The first-order valence-electron chi connectivity index (χ1n) is 8.72. The van der Waals surface area contributed by atoms with E-state index in [2.05, 4.69) is 34.0 Å². The number of benzene rings is 1. The number of aryl methyl sites for hydroxylation is 1. The Balaban J connectivity index is 1.57. The molecule has 0 radical (unpaired) electrons. The zero-order valence-electron chi connectivity index (χ0n) is 15.2. The van der Waals surface area contributed by atoms with E-state index < -0.39 is 0 Å². The molecule has 0 atom stereocenters. The van der Waals surface area contributed by atoms with Crippen LogP contribution in [0.25, 0.3) is 0 Å². The van der Waals surface area contributed by atoms with E-state index in [0.717, 1.165) is 43.9 Å². The van der Waals surface area contributed by atoms with Gasteiger partial charge in [0.15, 0.2) is 0 Å². The number of likely N-dealkylation sites (N-methyl/N-ethyl adjacent to an activating group) is 2. The third kappa shape index (κ3) is 4.38. The van der Waals surface area contributed by atoms with Crippen molar-refractivity contribution in [2.45, 2.75) is 13.3 Å². The molecule has 1 aliphatic heterocycles. The van der Waals surface area contributed by atoms with Crippen molar-refractivity contribution >= 4 is 22.9 Å². The highest BCUT2D eigenvalue weighted by Crippen LogP contribution is 2.18. The molecule has 0 unspecified atom stereocenters. The standard InChI is InChI=1S/C19H26N4OS/c1-15-18(25-14-20-15)8-9-22(3)19(24)16-4-6-17(7-5-16)23-12-10-21(2)11-13-23/h4-7,14H,8-13H2,1-3H3. The molecule has 0 N–H and O–H groups in total. The number of anilines is 1. The summed E-state index contributed by atoms with van der Waals surface area (Å²) >= 11 is 1.66. The second-order valence-corrected chi connectivity index (χ2v) is 7.61. The van der Waals surface area contributed by atoms with Crippen molar-refractivity contribution in [3.63, 3.8) is 0 Å². The summed E-state index contributed by atoms with van der Waals surface area (Å²) in [5.41, 5.74) is 4.89. The highest BCUT2D eigenvalue weighted by atomic mass is 32.1. The Bertz CT molecular complexity index is 704. The van der Waals surface area contributed by atoms with Crippen LogP contribution < -0.4 is 4.90 Å². The van der Waals surface area contributed by atoms with Crippen molar-refractivity contribution in [2.75, 3.05) is 51.7 Å². The average molecular weight is 359 g/mol. The van der Waals surface area contributed by atoms with Crippen LogP contribution in [0.2, 0.25) is 0 Å². The van der Waals surface area contributed by atoms with E-state index in [9.17, 15) is 4.79 Å². The molecule has 0 aliphatic carbocycles. The van der Waals surface area contributed by atoms with Gasteiger partial charge in [0.1, 0.15) is 0 Å². The Morgan fingerprint density at radius 2 is 1.88 bits per heavy atom. The fourth-order valence-electron chi connectivity index (χ4n) is 3.04. The average Bonchev–Trinajstić information content (AvgIpc) is 3.05. The van der Waals surface area contributed by atoms with Crippen LogP contribution in [-0.4, -0.2) is 67.5 Å².